The van der Waals surface area contributed by atoms with E-state index in [0.29, 0.717) is 29.7 Å². The van der Waals surface area contributed by atoms with Crippen LogP contribution in [0.4, 0.5) is 4.39 Å². The van der Waals surface area contributed by atoms with Crippen LogP contribution in [0.5, 0.6) is 0 Å². The molecule has 0 aromatic rings. The highest BCUT2D eigenvalue weighted by molar-refractivity contribution is 4.99. The molecule has 1 saturated carbocycles. The molecule has 1 aliphatic carbocycles. The van der Waals surface area contributed by atoms with E-state index in [-0.39, 0.29) is 11.1 Å². The van der Waals surface area contributed by atoms with Crippen molar-refractivity contribution in [1.29, 1.82) is 0 Å². The zero-order chi connectivity index (χ0) is 20.2. The van der Waals surface area contributed by atoms with E-state index in [1.165, 1.54) is 25.7 Å². The summed E-state index contributed by atoms with van der Waals surface area (Å²) < 4.78 is 14.5. The molecule has 3 heteroatoms. The molecule has 1 saturated heterocycles. The van der Waals surface area contributed by atoms with Gasteiger partial charge in [-0.2, -0.15) is 0 Å². The molecule has 5 atom stereocenters. The number of hydrogen-bond acceptors (Lipinski definition) is 2. The molecule has 2 N–H and O–H groups in total. The van der Waals surface area contributed by atoms with E-state index < -0.39 is 6.17 Å². The summed E-state index contributed by atoms with van der Waals surface area (Å²) in [6.07, 6.45) is 8.36. The van der Waals surface area contributed by atoms with Crippen molar-refractivity contribution in [3.8, 4) is 0 Å². The molecule has 2 aliphatic rings. The first kappa shape index (κ1) is 23.1. The van der Waals surface area contributed by atoms with E-state index in [1.807, 2.05) is 0 Å². The lowest BCUT2D eigenvalue weighted by molar-refractivity contribution is 0.0784. The van der Waals surface area contributed by atoms with Crippen molar-refractivity contribution in [2.75, 3.05) is 6.54 Å². The van der Waals surface area contributed by atoms with Crippen LogP contribution in [-0.4, -0.2) is 29.8 Å². The zero-order valence-electron chi connectivity index (χ0n) is 19.2. The monoisotopic (exact) mass is 382 g/mol. The molecule has 1 heterocycles. The second kappa shape index (κ2) is 9.57. The Balaban J connectivity index is 1.74. The first-order valence-electron chi connectivity index (χ1n) is 11.7. The fraction of sp³-hybridized carbons (Fsp3) is 1.00. The Morgan fingerprint density at radius 1 is 1.07 bits per heavy atom. The van der Waals surface area contributed by atoms with Crippen molar-refractivity contribution in [3.05, 3.63) is 0 Å². The predicted octanol–water partition coefficient (Wildman–Crippen LogP) is 6.10. The van der Waals surface area contributed by atoms with Gasteiger partial charge in [0.2, 0.25) is 0 Å². The van der Waals surface area contributed by atoms with Gasteiger partial charge in [-0.3, -0.25) is 0 Å². The molecule has 5 unspecified atom stereocenters. The first-order chi connectivity index (χ1) is 12.5. The minimum Gasteiger partial charge on any atom is -0.314 e. The van der Waals surface area contributed by atoms with Gasteiger partial charge in [0.1, 0.15) is 6.17 Å². The van der Waals surface area contributed by atoms with Crippen LogP contribution in [0.15, 0.2) is 0 Å². The normalized spacial score (nSPS) is 33.6. The van der Waals surface area contributed by atoms with Gasteiger partial charge in [0.15, 0.2) is 0 Å². The number of halogens is 1. The van der Waals surface area contributed by atoms with Crippen LogP contribution >= 0.6 is 0 Å². The average molecular weight is 383 g/mol. The van der Waals surface area contributed by atoms with Gasteiger partial charge in [-0.15, -0.1) is 0 Å². The largest absolute Gasteiger partial charge is 0.314 e. The van der Waals surface area contributed by atoms with Gasteiger partial charge < -0.3 is 10.6 Å². The Kier molecular flexibility index (Phi) is 8.20. The molecule has 0 amide bonds. The van der Waals surface area contributed by atoms with Gasteiger partial charge >= 0.3 is 0 Å². The highest BCUT2D eigenvalue weighted by Gasteiger charge is 2.37. The first-order valence-corrected chi connectivity index (χ1v) is 11.7. The molecule has 2 fully saturated rings. The highest BCUT2D eigenvalue weighted by Crippen LogP contribution is 2.40. The second-order valence-corrected chi connectivity index (χ2v) is 11.2. The molecule has 2 nitrogen and oxygen atoms in total. The smallest absolute Gasteiger partial charge is 0.103 e. The van der Waals surface area contributed by atoms with Gasteiger partial charge in [-0.25, -0.2) is 4.39 Å². The van der Waals surface area contributed by atoms with Gasteiger partial charge in [-0.05, 0) is 103 Å². The maximum absolute atomic E-state index is 14.5. The van der Waals surface area contributed by atoms with E-state index in [9.17, 15) is 4.39 Å². The van der Waals surface area contributed by atoms with Gasteiger partial charge in [-0.1, -0.05) is 27.2 Å². The number of piperidine rings is 1. The number of alkyl halides is 1. The molecule has 0 aromatic heterocycles. The molecule has 160 valence electrons. The van der Waals surface area contributed by atoms with Crippen LogP contribution in [0.2, 0.25) is 0 Å². The maximum Gasteiger partial charge on any atom is 0.103 e. The van der Waals surface area contributed by atoms with Gasteiger partial charge in [0.05, 0.1) is 0 Å². The third-order valence-corrected chi connectivity index (χ3v) is 7.47. The van der Waals surface area contributed by atoms with Crippen molar-refractivity contribution < 1.29 is 4.39 Å². The predicted molar refractivity (Wildman–Crippen MR) is 116 cm³/mol. The summed E-state index contributed by atoms with van der Waals surface area (Å²) in [7, 11) is 0. The zero-order valence-corrected chi connectivity index (χ0v) is 19.2. The SMILES string of the molecule is CCCC1CCC(C(C)C(C)CCNC2CC(C)(C)NC(C)(C)C2)CC1F. The molecule has 0 spiro atoms. The summed E-state index contributed by atoms with van der Waals surface area (Å²) in [5.41, 5.74) is 0.400. The molecular weight excluding hydrogens is 335 g/mol. The fourth-order valence-corrected chi connectivity index (χ4v) is 6.09. The van der Waals surface area contributed by atoms with Crippen LogP contribution in [0.25, 0.3) is 0 Å². The van der Waals surface area contributed by atoms with E-state index in [0.717, 1.165) is 32.2 Å². The van der Waals surface area contributed by atoms with Gasteiger partial charge in [0, 0.05) is 17.1 Å². The Labute approximate surface area is 168 Å². The van der Waals surface area contributed by atoms with Gasteiger partial charge in [0.25, 0.3) is 0 Å². The van der Waals surface area contributed by atoms with E-state index >= 15 is 0 Å². The molecule has 0 radical (unpaired) electrons. The quantitative estimate of drug-likeness (QED) is 0.530. The Morgan fingerprint density at radius 3 is 2.26 bits per heavy atom. The molecule has 2 rings (SSSR count). The lowest BCUT2D eigenvalue weighted by atomic mass is 9.70. The lowest BCUT2D eigenvalue weighted by Gasteiger charge is -2.47. The lowest BCUT2D eigenvalue weighted by Crippen LogP contribution is -2.61. The van der Waals surface area contributed by atoms with Crippen LogP contribution in [-0.2, 0) is 0 Å². The van der Waals surface area contributed by atoms with Crippen LogP contribution in [0.3, 0.4) is 0 Å². The molecule has 0 bridgehead atoms. The van der Waals surface area contributed by atoms with E-state index in [2.05, 4.69) is 59.1 Å². The molecule has 0 aromatic carbocycles. The van der Waals surface area contributed by atoms with E-state index in [4.69, 9.17) is 0 Å². The van der Waals surface area contributed by atoms with Crippen LogP contribution in [0, 0.1) is 23.7 Å². The minimum atomic E-state index is -0.560. The average Bonchev–Trinajstić information content (AvgIpc) is 2.53. The number of hydrogen-bond donors (Lipinski definition) is 2. The third kappa shape index (κ3) is 6.99. The Morgan fingerprint density at radius 2 is 1.70 bits per heavy atom. The van der Waals surface area contributed by atoms with Crippen molar-refractivity contribution in [1.82, 2.24) is 10.6 Å². The summed E-state index contributed by atoms with van der Waals surface area (Å²) in [6.45, 7) is 17.3. The molecule has 27 heavy (non-hydrogen) atoms. The number of nitrogens with one attached hydrogen (secondary N) is 2. The summed E-state index contributed by atoms with van der Waals surface area (Å²) >= 11 is 0. The maximum atomic E-state index is 14.5. The van der Waals surface area contributed by atoms with E-state index in [1.54, 1.807) is 0 Å². The molecular formula is C24H47FN2. The summed E-state index contributed by atoms with van der Waals surface area (Å²) in [5.74, 6) is 2.22. The topological polar surface area (TPSA) is 24.1 Å². The third-order valence-electron chi connectivity index (χ3n) is 7.47. The summed E-state index contributed by atoms with van der Waals surface area (Å²) in [6, 6.07) is 0.596. The highest BCUT2D eigenvalue weighted by atomic mass is 19.1. The Hall–Kier alpha value is -0.150. The van der Waals surface area contributed by atoms with Crippen molar-refractivity contribution >= 4 is 0 Å². The molecule has 1 aliphatic heterocycles. The standard InChI is InChI=1S/C24H47FN2/c1-8-9-19-10-11-20(14-22(19)25)18(3)17(2)12-13-26-21-15-23(4,5)27-24(6,7)16-21/h17-22,26-27H,8-16H2,1-7H3. The van der Waals surface area contributed by atoms with Crippen molar-refractivity contribution in [3.63, 3.8) is 0 Å². The summed E-state index contributed by atoms with van der Waals surface area (Å²) in [4.78, 5) is 0. The van der Waals surface area contributed by atoms with Crippen LogP contribution < -0.4 is 10.6 Å². The van der Waals surface area contributed by atoms with Crippen molar-refractivity contribution in [2.45, 2.75) is 123 Å². The fourth-order valence-electron chi connectivity index (χ4n) is 6.09. The number of rotatable bonds is 8. The summed E-state index contributed by atoms with van der Waals surface area (Å²) in [5, 5.41) is 7.60. The Bertz CT molecular complexity index is 432. The second-order valence-electron chi connectivity index (χ2n) is 11.2. The minimum absolute atomic E-state index is 0.200. The van der Waals surface area contributed by atoms with Crippen molar-refractivity contribution in [2.24, 2.45) is 23.7 Å². The van der Waals surface area contributed by atoms with Crippen LogP contribution in [0.1, 0.15) is 99.8 Å².